The highest BCUT2D eigenvalue weighted by Crippen LogP contribution is 2.41. The van der Waals surface area contributed by atoms with E-state index in [4.69, 9.17) is 5.73 Å². The van der Waals surface area contributed by atoms with E-state index in [9.17, 15) is 0 Å². The summed E-state index contributed by atoms with van der Waals surface area (Å²) in [7, 11) is 0. The summed E-state index contributed by atoms with van der Waals surface area (Å²) in [6, 6.07) is 0.267. The van der Waals surface area contributed by atoms with Crippen molar-refractivity contribution in [2.24, 2.45) is 5.73 Å². The van der Waals surface area contributed by atoms with Gasteiger partial charge in [0.25, 0.3) is 0 Å². The molecule has 1 aliphatic carbocycles. The van der Waals surface area contributed by atoms with Gasteiger partial charge in [-0.05, 0) is 26.2 Å². The standard InChI is InChI=1S/C9H14N2S/c1-6(10)4-8-9(7-2-3-7)11-5-12-8/h5-7H,2-4,10H2,1H3/t6-/m1/s1. The van der Waals surface area contributed by atoms with Crippen molar-refractivity contribution in [3.63, 3.8) is 0 Å². The van der Waals surface area contributed by atoms with Crippen LogP contribution in [0, 0.1) is 0 Å². The van der Waals surface area contributed by atoms with E-state index < -0.39 is 0 Å². The van der Waals surface area contributed by atoms with Gasteiger partial charge in [-0.15, -0.1) is 11.3 Å². The Hall–Kier alpha value is -0.410. The summed E-state index contributed by atoms with van der Waals surface area (Å²) in [5.74, 6) is 0.769. The van der Waals surface area contributed by atoms with E-state index in [-0.39, 0.29) is 6.04 Å². The lowest BCUT2D eigenvalue weighted by atomic mass is 10.1. The van der Waals surface area contributed by atoms with Gasteiger partial charge in [-0.25, -0.2) is 4.98 Å². The van der Waals surface area contributed by atoms with Crippen molar-refractivity contribution >= 4 is 11.3 Å². The first-order valence-corrected chi connectivity index (χ1v) is 5.33. The molecule has 1 heterocycles. The Labute approximate surface area is 76.8 Å². The van der Waals surface area contributed by atoms with Gasteiger partial charge in [0.05, 0.1) is 11.2 Å². The molecule has 0 bridgehead atoms. The number of nitrogens with two attached hydrogens (primary N) is 1. The van der Waals surface area contributed by atoms with Crippen LogP contribution in [0.4, 0.5) is 0 Å². The predicted octanol–water partition coefficient (Wildman–Crippen LogP) is 1.91. The van der Waals surface area contributed by atoms with Gasteiger partial charge in [0.2, 0.25) is 0 Å². The molecular weight excluding hydrogens is 168 g/mol. The topological polar surface area (TPSA) is 38.9 Å². The van der Waals surface area contributed by atoms with E-state index in [0.717, 1.165) is 12.3 Å². The molecular formula is C9H14N2S. The van der Waals surface area contributed by atoms with Crippen LogP contribution in [0.1, 0.15) is 36.3 Å². The number of nitrogens with zero attached hydrogens (tertiary/aromatic N) is 1. The minimum Gasteiger partial charge on any atom is -0.328 e. The van der Waals surface area contributed by atoms with Crippen LogP contribution in [0.2, 0.25) is 0 Å². The molecule has 2 nitrogen and oxygen atoms in total. The predicted molar refractivity (Wildman–Crippen MR) is 51.4 cm³/mol. The quantitative estimate of drug-likeness (QED) is 0.775. The Morgan fingerprint density at radius 2 is 2.50 bits per heavy atom. The van der Waals surface area contributed by atoms with E-state index >= 15 is 0 Å². The third-order valence-electron chi connectivity index (χ3n) is 2.14. The number of hydrogen-bond acceptors (Lipinski definition) is 3. The molecule has 1 aromatic heterocycles. The van der Waals surface area contributed by atoms with Gasteiger partial charge >= 0.3 is 0 Å². The monoisotopic (exact) mass is 182 g/mol. The van der Waals surface area contributed by atoms with Crippen LogP contribution >= 0.6 is 11.3 Å². The summed E-state index contributed by atoms with van der Waals surface area (Å²) in [6.07, 6.45) is 3.65. The van der Waals surface area contributed by atoms with Crippen LogP contribution in [-0.4, -0.2) is 11.0 Å². The molecule has 0 amide bonds. The lowest BCUT2D eigenvalue weighted by molar-refractivity contribution is 0.737. The van der Waals surface area contributed by atoms with Crippen molar-refractivity contribution in [1.82, 2.24) is 4.98 Å². The first-order valence-electron chi connectivity index (χ1n) is 4.45. The van der Waals surface area contributed by atoms with Crippen molar-refractivity contribution in [3.8, 4) is 0 Å². The summed E-state index contributed by atoms with van der Waals surface area (Å²) in [5.41, 5.74) is 9.03. The maximum Gasteiger partial charge on any atom is 0.0797 e. The molecule has 0 saturated heterocycles. The summed E-state index contributed by atoms with van der Waals surface area (Å²) >= 11 is 1.76. The van der Waals surface area contributed by atoms with Gasteiger partial charge in [-0.1, -0.05) is 0 Å². The molecule has 2 rings (SSSR count). The lowest BCUT2D eigenvalue weighted by Crippen LogP contribution is -2.17. The molecule has 0 spiro atoms. The molecule has 0 aliphatic heterocycles. The van der Waals surface area contributed by atoms with Crippen LogP contribution in [-0.2, 0) is 6.42 Å². The van der Waals surface area contributed by atoms with Crippen molar-refractivity contribution < 1.29 is 0 Å². The van der Waals surface area contributed by atoms with Gasteiger partial charge in [-0.3, -0.25) is 0 Å². The van der Waals surface area contributed by atoms with Crippen molar-refractivity contribution in [2.75, 3.05) is 0 Å². The zero-order valence-electron chi connectivity index (χ0n) is 7.29. The number of rotatable bonds is 3. The van der Waals surface area contributed by atoms with Gasteiger partial charge in [-0.2, -0.15) is 0 Å². The Balaban J connectivity index is 2.13. The second kappa shape index (κ2) is 3.15. The summed E-state index contributed by atoms with van der Waals surface area (Å²) in [6.45, 7) is 2.05. The van der Waals surface area contributed by atoms with Crippen LogP contribution in [0.15, 0.2) is 5.51 Å². The molecule has 1 aromatic rings. The Morgan fingerprint density at radius 1 is 1.75 bits per heavy atom. The van der Waals surface area contributed by atoms with E-state index in [1.165, 1.54) is 23.4 Å². The van der Waals surface area contributed by atoms with Crippen LogP contribution in [0.3, 0.4) is 0 Å². The first kappa shape index (κ1) is 8.20. The zero-order valence-corrected chi connectivity index (χ0v) is 8.10. The molecule has 3 heteroatoms. The molecule has 1 saturated carbocycles. The van der Waals surface area contributed by atoms with Gasteiger partial charge in [0, 0.05) is 16.8 Å². The highest BCUT2D eigenvalue weighted by Gasteiger charge is 2.28. The normalized spacial score (nSPS) is 19.5. The fraction of sp³-hybridized carbons (Fsp3) is 0.667. The molecule has 0 radical (unpaired) electrons. The molecule has 1 aliphatic rings. The Morgan fingerprint density at radius 3 is 3.08 bits per heavy atom. The number of thiazole rings is 1. The fourth-order valence-corrected chi connectivity index (χ4v) is 2.41. The van der Waals surface area contributed by atoms with Crippen LogP contribution in [0.25, 0.3) is 0 Å². The van der Waals surface area contributed by atoms with E-state index in [0.29, 0.717) is 0 Å². The largest absolute Gasteiger partial charge is 0.328 e. The SMILES string of the molecule is C[C@@H](N)Cc1scnc1C1CC1. The smallest absolute Gasteiger partial charge is 0.0797 e. The van der Waals surface area contributed by atoms with Gasteiger partial charge in [0.1, 0.15) is 0 Å². The highest BCUT2D eigenvalue weighted by molar-refractivity contribution is 7.09. The molecule has 0 unspecified atom stereocenters. The maximum absolute atomic E-state index is 5.75. The molecule has 0 aromatic carbocycles. The minimum absolute atomic E-state index is 0.267. The van der Waals surface area contributed by atoms with Crippen LogP contribution in [0.5, 0.6) is 0 Å². The Bertz CT molecular complexity index is 263. The molecule has 2 N–H and O–H groups in total. The van der Waals surface area contributed by atoms with Crippen LogP contribution < -0.4 is 5.73 Å². The lowest BCUT2D eigenvalue weighted by Gasteiger charge is -2.03. The molecule has 12 heavy (non-hydrogen) atoms. The van der Waals surface area contributed by atoms with Crippen molar-refractivity contribution in [2.45, 2.75) is 38.1 Å². The van der Waals surface area contributed by atoms with Gasteiger partial charge < -0.3 is 5.73 Å². The first-order chi connectivity index (χ1) is 5.77. The maximum atomic E-state index is 5.75. The molecule has 1 fully saturated rings. The number of aromatic nitrogens is 1. The highest BCUT2D eigenvalue weighted by atomic mass is 32.1. The summed E-state index contributed by atoms with van der Waals surface area (Å²) in [5, 5.41) is 0. The second-order valence-corrected chi connectivity index (χ2v) is 4.56. The van der Waals surface area contributed by atoms with E-state index in [2.05, 4.69) is 11.9 Å². The molecule has 1 atom stereocenters. The van der Waals surface area contributed by atoms with E-state index in [1.54, 1.807) is 11.3 Å². The Kier molecular flexibility index (Phi) is 2.15. The average molecular weight is 182 g/mol. The summed E-state index contributed by atoms with van der Waals surface area (Å²) < 4.78 is 0. The number of hydrogen-bond donors (Lipinski definition) is 1. The third kappa shape index (κ3) is 1.67. The average Bonchev–Trinajstić information content (AvgIpc) is 2.73. The van der Waals surface area contributed by atoms with Crippen molar-refractivity contribution in [3.05, 3.63) is 16.1 Å². The fourth-order valence-electron chi connectivity index (χ4n) is 1.41. The van der Waals surface area contributed by atoms with E-state index in [1.807, 2.05) is 5.51 Å². The second-order valence-electron chi connectivity index (χ2n) is 3.62. The third-order valence-corrected chi connectivity index (χ3v) is 3.02. The zero-order chi connectivity index (χ0) is 8.55. The summed E-state index contributed by atoms with van der Waals surface area (Å²) in [4.78, 5) is 5.80. The van der Waals surface area contributed by atoms with Crippen molar-refractivity contribution in [1.29, 1.82) is 0 Å². The molecule has 66 valence electrons. The van der Waals surface area contributed by atoms with Gasteiger partial charge in [0.15, 0.2) is 0 Å². The minimum atomic E-state index is 0.267.